The molecule has 15 heteroatoms. The summed E-state index contributed by atoms with van der Waals surface area (Å²) in [7, 11) is 0. The highest BCUT2D eigenvalue weighted by molar-refractivity contribution is 6.30. The maximum absolute atomic E-state index is 14.9. The van der Waals surface area contributed by atoms with Crippen LogP contribution in [-0.2, 0) is 23.2 Å². The minimum Gasteiger partial charge on any atom is -0.444 e. The molecule has 5 heterocycles. The summed E-state index contributed by atoms with van der Waals surface area (Å²) in [5.74, 6) is -1.79. The third kappa shape index (κ3) is 5.83. The highest BCUT2D eigenvalue weighted by atomic mass is 35.5. The van der Waals surface area contributed by atoms with E-state index >= 15 is 0 Å². The van der Waals surface area contributed by atoms with Gasteiger partial charge in [-0.25, -0.2) is 9.37 Å². The number of likely N-dealkylation sites (tertiary alicyclic amines) is 1. The Balaban J connectivity index is 0.997. The first-order chi connectivity index (χ1) is 23.0. The number of piperidine rings is 1. The molecule has 4 aromatic rings. The minimum atomic E-state index is -4.65. The second kappa shape index (κ2) is 11.6. The minimum absolute atomic E-state index is 0.158. The summed E-state index contributed by atoms with van der Waals surface area (Å²) in [5, 5.41) is 14.8. The molecule has 3 aliphatic heterocycles. The lowest BCUT2D eigenvalue weighted by Gasteiger charge is -2.37. The second-order valence-corrected chi connectivity index (χ2v) is 13.5. The van der Waals surface area contributed by atoms with Crippen molar-refractivity contribution in [1.82, 2.24) is 30.3 Å². The summed E-state index contributed by atoms with van der Waals surface area (Å²) in [4.78, 5) is 8.13. The predicted molar refractivity (Wildman–Crippen MR) is 166 cm³/mol. The van der Waals surface area contributed by atoms with Crippen molar-refractivity contribution in [3.05, 3.63) is 75.9 Å². The fraction of sp³-hybridized carbons (Fsp3) is 0.455. The lowest BCUT2D eigenvalue weighted by molar-refractivity contribution is -0.144. The molecule has 2 aromatic carbocycles. The van der Waals surface area contributed by atoms with Gasteiger partial charge in [0.2, 0.25) is 11.6 Å². The van der Waals surface area contributed by atoms with Crippen LogP contribution in [0.2, 0.25) is 5.02 Å². The zero-order chi connectivity index (χ0) is 33.3. The van der Waals surface area contributed by atoms with E-state index in [1.54, 1.807) is 25.1 Å². The molecule has 1 saturated carbocycles. The number of benzene rings is 2. The first-order valence-electron chi connectivity index (χ1n) is 15.9. The van der Waals surface area contributed by atoms with Crippen molar-refractivity contribution in [2.45, 2.75) is 62.6 Å². The predicted octanol–water partition coefficient (Wildman–Crippen LogP) is 6.47. The number of morpholine rings is 1. The molecule has 4 aliphatic rings. The lowest BCUT2D eigenvalue weighted by Crippen LogP contribution is -2.45. The zero-order valence-electron chi connectivity index (χ0n) is 26.0. The van der Waals surface area contributed by atoms with Crippen molar-refractivity contribution in [1.29, 1.82) is 0 Å². The highest BCUT2D eigenvalue weighted by Crippen LogP contribution is 2.50. The molecule has 10 nitrogen and oxygen atoms in total. The number of ether oxygens (including phenoxy) is 3. The molecule has 252 valence electrons. The van der Waals surface area contributed by atoms with Crippen LogP contribution in [0.5, 0.6) is 11.5 Å². The molecule has 2 saturated heterocycles. The SMILES string of the molecule is C[C@@]1(c2ccc(Cl)cc2F)Oc2cccc(C3CCN(Cc4nnc(-c5n[nH]c(C(F)(F)F)n5)cc4N4CCOC5(CC5)C4)CC3)c2O1. The second-order valence-electron chi connectivity index (χ2n) is 13.0. The Hall–Kier alpha value is -4.01. The van der Waals surface area contributed by atoms with Crippen LogP contribution >= 0.6 is 11.6 Å². The Labute approximate surface area is 278 Å². The summed E-state index contributed by atoms with van der Waals surface area (Å²) in [6, 6.07) is 12.0. The number of nitrogens with one attached hydrogen (secondary N) is 1. The molecule has 1 spiro atoms. The number of para-hydroxylation sites is 1. The molecular weight excluding hydrogens is 654 g/mol. The lowest BCUT2D eigenvalue weighted by atomic mass is 9.88. The van der Waals surface area contributed by atoms with Crippen molar-refractivity contribution in [2.75, 3.05) is 37.7 Å². The van der Waals surface area contributed by atoms with Crippen LogP contribution in [0.15, 0.2) is 42.5 Å². The summed E-state index contributed by atoms with van der Waals surface area (Å²) in [6.45, 7) is 5.61. The molecule has 0 unspecified atom stereocenters. The largest absolute Gasteiger partial charge is 0.451 e. The molecule has 3 fully saturated rings. The third-order valence-corrected chi connectivity index (χ3v) is 9.89. The van der Waals surface area contributed by atoms with Gasteiger partial charge in [0.05, 0.1) is 23.5 Å². The number of hydrogen-bond donors (Lipinski definition) is 1. The molecule has 0 radical (unpaired) electrons. The van der Waals surface area contributed by atoms with Gasteiger partial charge in [-0.3, -0.25) is 10.00 Å². The van der Waals surface area contributed by atoms with Gasteiger partial charge in [-0.15, -0.1) is 5.10 Å². The topological polar surface area (TPSA) is 102 Å². The molecule has 8 rings (SSSR count). The number of halogens is 5. The van der Waals surface area contributed by atoms with E-state index in [0.29, 0.717) is 42.8 Å². The van der Waals surface area contributed by atoms with Gasteiger partial charge in [-0.1, -0.05) is 23.7 Å². The highest BCUT2D eigenvalue weighted by Gasteiger charge is 2.48. The van der Waals surface area contributed by atoms with Crippen LogP contribution in [0, 0.1) is 5.82 Å². The average Bonchev–Trinajstić information content (AvgIpc) is 3.42. The van der Waals surface area contributed by atoms with E-state index in [1.807, 2.05) is 23.3 Å². The molecule has 1 aliphatic carbocycles. The van der Waals surface area contributed by atoms with E-state index in [4.69, 9.17) is 25.8 Å². The van der Waals surface area contributed by atoms with E-state index in [-0.39, 0.29) is 28.6 Å². The van der Waals surface area contributed by atoms with Gasteiger partial charge < -0.3 is 19.1 Å². The van der Waals surface area contributed by atoms with Gasteiger partial charge in [-0.05, 0) is 75.0 Å². The van der Waals surface area contributed by atoms with Gasteiger partial charge in [0, 0.05) is 37.1 Å². The number of hydrogen-bond acceptors (Lipinski definition) is 9. The zero-order valence-corrected chi connectivity index (χ0v) is 26.7. The van der Waals surface area contributed by atoms with Crippen LogP contribution < -0.4 is 14.4 Å². The molecular formula is C33H32ClF4N7O3. The van der Waals surface area contributed by atoms with Crippen LogP contribution in [0.1, 0.15) is 61.2 Å². The maximum atomic E-state index is 14.9. The Kier molecular flexibility index (Phi) is 7.53. The van der Waals surface area contributed by atoms with Crippen LogP contribution in [0.4, 0.5) is 23.2 Å². The Morgan fingerprint density at radius 1 is 1.04 bits per heavy atom. The van der Waals surface area contributed by atoms with Gasteiger partial charge in [0.25, 0.3) is 5.79 Å². The standard InChI is InChI=1S/C33H32ClF4N7O3/c1-31(22-6-5-20(34)15-23(22)35)47-27-4-2-3-21(28(27)48-31)19-7-11-44(12-8-19)17-25-26(45-13-14-46-32(18-45)9-10-32)16-24(40-41-25)29-39-30(43-42-29)33(36,37)38/h2-6,15-16,19H,7-14,17-18H2,1H3,(H,39,42,43)/t31-/m1/s1. The molecule has 1 N–H and O–H groups in total. The van der Waals surface area contributed by atoms with E-state index in [2.05, 4.69) is 30.1 Å². The fourth-order valence-corrected chi connectivity index (χ4v) is 7.11. The first-order valence-corrected chi connectivity index (χ1v) is 16.3. The van der Waals surface area contributed by atoms with Gasteiger partial charge in [-0.2, -0.15) is 23.4 Å². The van der Waals surface area contributed by atoms with Crippen LogP contribution in [-0.4, -0.2) is 68.7 Å². The Morgan fingerprint density at radius 2 is 1.85 bits per heavy atom. The molecule has 0 amide bonds. The monoisotopic (exact) mass is 685 g/mol. The van der Waals surface area contributed by atoms with Crippen LogP contribution in [0.25, 0.3) is 11.5 Å². The van der Waals surface area contributed by atoms with Gasteiger partial charge >= 0.3 is 6.18 Å². The number of nitrogens with zero attached hydrogens (tertiary/aromatic N) is 6. The van der Waals surface area contributed by atoms with E-state index in [0.717, 1.165) is 55.7 Å². The maximum Gasteiger partial charge on any atom is 0.451 e. The summed E-state index contributed by atoms with van der Waals surface area (Å²) in [6.07, 6.45) is -1.03. The number of H-pyrrole nitrogens is 1. The molecule has 48 heavy (non-hydrogen) atoms. The van der Waals surface area contributed by atoms with Crippen molar-refractivity contribution in [3.8, 4) is 23.0 Å². The normalized spacial score (nSPS) is 22.4. The van der Waals surface area contributed by atoms with Crippen molar-refractivity contribution in [3.63, 3.8) is 0 Å². The number of fused-ring (bicyclic) bond motifs is 1. The number of aromatic amines is 1. The summed E-state index contributed by atoms with van der Waals surface area (Å²) < 4.78 is 73.0. The van der Waals surface area contributed by atoms with Gasteiger partial charge in [0.15, 0.2) is 11.5 Å². The van der Waals surface area contributed by atoms with Gasteiger partial charge in [0.1, 0.15) is 17.2 Å². The van der Waals surface area contributed by atoms with Crippen LogP contribution in [0.3, 0.4) is 0 Å². The van der Waals surface area contributed by atoms with Crippen molar-refractivity contribution >= 4 is 17.3 Å². The molecule has 2 aromatic heterocycles. The molecule has 1 atom stereocenters. The number of alkyl halides is 3. The van der Waals surface area contributed by atoms with E-state index in [9.17, 15) is 17.6 Å². The Morgan fingerprint density at radius 3 is 2.58 bits per heavy atom. The van der Waals surface area contributed by atoms with E-state index < -0.39 is 23.6 Å². The van der Waals surface area contributed by atoms with Crippen molar-refractivity contribution < 1.29 is 31.8 Å². The number of aromatic nitrogens is 5. The Bertz CT molecular complexity index is 1860. The number of anilines is 1. The third-order valence-electron chi connectivity index (χ3n) is 9.66. The average molecular weight is 686 g/mol. The summed E-state index contributed by atoms with van der Waals surface area (Å²) in [5.41, 5.74) is 2.81. The quantitative estimate of drug-likeness (QED) is 0.229. The smallest absolute Gasteiger partial charge is 0.444 e. The van der Waals surface area contributed by atoms with E-state index in [1.165, 1.54) is 6.07 Å². The fourth-order valence-electron chi connectivity index (χ4n) is 6.95. The first kappa shape index (κ1) is 31.3. The number of rotatable bonds is 6. The molecule has 0 bridgehead atoms. The summed E-state index contributed by atoms with van der Waals surface area (Å²) >= 11 is 5.98. The van der Waals surface area contributed by atoms with Crippen molar-refractivity contribution in [2.24, 2.45) is 0 Å².